The number of carbonyl (C=O) groups excluding carboxylic acids is 2. The Labute approximate surface area is 112 Å². The second kappa shape index (κ2) is 6.14. The van der Waals surface area contributed by atoms with Gasteiger partial charge in [0.05, 0.1) is 6.07 Å². The van der Waals surface area contributed by atoms with E-state index in [-0.39, 0.29) is 11.7 Å². The van der Waals surface area contributed by atoms with E-state index in [0.717, 1.165) is 25.7 Å². The molecule has 1 amide bonds. The summed E-state index contributed by atoms with van der Waals surface area (Å²) in [6.07, 6.45) is 3.62. The van der Waals surface area contributed by atoms with E-state index in [1.165, 1.54) is 0 Å². The minimum Gasteiger partial charge on any atom is -0.325 e. The Bertz CT molecular complexity index is 499. The lowest BCUT2D eigenvalue weighted by atomic mass is 9.92. The molecule has 1 N–H and O–H groups in total. The van der Waals surface area contributed by atoms with Gasteiger partial charge in [0, 0.05) is 11.6 Å². The number of rotatable bonds is 4. The fraction of sp³-hybridized carbons (Fsp3) is 0.400. The summed E-state index contributed by atoms with van der Waals surface area (Å²) < 4.78 is 0. The van der Waals surface area contributed by atoms with Gasteiger partial charge in [0.25, 0.3) is 0 Å². The zero-order chi connectivity index (χ0) is 13.7. The third-order valence-electron chi connectivity index (χ3n) is 3.47. The first-order chi connectivity index (χ1) is 9.22. The Balaban J connectivity index is 2.03. The molecule has 1 fully saturated rings. The Morgan fingerprint density at radius 2 is 1.84 bits per heavy atom. The van der Waals surface area contributed by atoms with Crippen molar-refractivity contribution in [1.29, 1.82) is 5.26 Å². The smallest absolute Gasteiger partial charge is 0.249 e. The highest BCUT2D eigenvalue weighted by atomic mass is 16.2. The van der Waals surface area contributed by atoms with E-state index < -0.39 is 11.8 Å². The van der Waals surface area contributed by atoms with Crippen LogP contribution in [0.2, 0.25) is 0 Å². The molecule has 1 aliphatic rings. The lowest BCUT2D eigenvalue weighted by Gasteiger charge is -2.13. The fourth-order valence-electron chi connectivity index (χ4n) is 2.43. The van der Waals surface area contributed by atoms with Crippen LogP contribution in [0.15, 0.2) is 30.3 Å². The van der Waals surface area contributed by atoms with Gasteiger partial charge in [0.15, 0.2) is 11.7 Å². The molecule has 98 valence electrons. The minimum absolute atomic E-state index is 0.119. The van der Waals surface area contributed by atoms with Gasteiger partial charge in [-0.2, -0.15) is 5.26 Å². The van der Waals surface area contributed by atoms with Crippen molar-refractivity contribution in [3.05, 3.63) is 30.3 Å². The summed E-state index contributed by atoms with van der Waals surface area (Å²) in [5.41, 5.74) is 0.604. The van der Waals surface area contributed by atoms with Crippen LogP contribution >= 0.6 is 0 Å². The summed E-state index contributed by atoms with van der Waals surface area (Å²) in [6.45, 7) is 0. The van der Waals surface area contributed by atoms with Crippen molar-refractivity contribution in [3.8, 4) is 6.07 Å². The first-order valence-corrected chi connectivity index (χ1v) is 6.51. The first kappa shape index (κ1) is 13.3. The van der Waals surface area contributed by atoms with Crippen LogP contribution in [-0.2, 0) is 9.59 Å². The monoisotopic (exact) mass is 256 g/mol. The van der Waals surface area contributed by atoms with E-state index in [0.29, 0.717) is 5.69 Å². The van der Waals surface area contributed by atoms with E-state index in [2.05, 4.69) is 5.32 Å². The molecule has 1 saturated carbocycles. The van der Waals surface area contributed by atoms with E-state index in [1.807, 2.05) is 12.1 Å². The van der Waals surface area contributed by atoms with Gasteiger partial charge >= 0.3 is 0 Å². The predicted octanol–water partition coefficient (Wildman–Crippen LogP) is 2.52. The van der Waals surface area contributed by atoms with Crippen LogP contribution in [0.3, 0.4) is 0 Å². The molecule has 0 aliphatic heterocycles. The topological polar surface area (TPSA) is 70.0 Å². The molecule has 1 atom stereocenters. The molecular weight excluding hydrogens is 240 g/mol. The van der Waals surface area contributed by atoms with Gasteiger partial charge in [-0.05, 0) is 25.0 Å². The van der Waals surface area contributed by atoms with Crippen LogP contribution in [-0.4, -0.2) is 11.7 Å². The summed E-state index contributed by atoms with van der Waals surface area (Å²) in [7, 11) is 0. The summed E-state index contributed by atoms with van der Waals surface area (Å²) in [5.74, 6) is -2.06. The van der Waals surface area contributed by atoms with E-state index >= 15 is 0 Å². The lowest BCUT2D eigenvalue weighted by Crippen LogP contribution is -2.32. The molecule has 1 aliphatic carbocycles. The number of benzene rings is 1. The molecule has 0 heterocycles. The number of hydrogen-bond donors (Lipinski definition) is 1. The molecule has 2 rings (SSSR count). The van der Waals surface area contributed by atoms with Gasteiger partial charge in [-0.3, -0.25) is 9.59 Å². The zero-order valence-corrected chi connectivity index (χ0v) is 10.6. The summed E-state index contributed by atoms with van der Waals surface area (Å²) in [6, 6.07) is 10.7. The average molecular weight is 256 g/mol. The van der Waals surface area contributed by atoms with Crippen molar-refractivity contribution in [2.45, 2.75) is 25.7 Å². The highest BCUT2D eigenvalue weighted by Crippen LogP contribution is 2.28. The third-order valence-corrected chi connectivity index (χ3v) is 3.47. The number of anilines is 1. The highest BCUT2D eigenvalue weighted by Gasteiger charge is 2.33. The van der Waals surface area contributed by atoms with Crippen LogP contribution in [0.1, 0.15) is 25.7 Å². The normalized spacial score (nSPS) is 16.6. The first-order valence-electron chi connectivity index (χ1n) is 6.51. The van der Waals surface area contributed by atoms with Crippen LogP contribution in [0.4, 0.5) is 5.69 Å². The third kappa shape index (κ3) is 3.19. The molecule has 0 saturated heterocycles. The van der Waals surface area contributed by atoms with Crippen molar-refractivity contribution in [3.63, 3.8) is 0 Å². The Hall–Kier alpha value is -2.15. The van der Waals surface area contributed by atoms with Crippen molar-refractivity contribution < 1.29 is 9.59 Å². The van der Waals surface area contributed by atoms with Gasteiger partial charge < -0.3 is 5.32 Å². The average Bonchev–Trinajstić information content (AvgIpc) is 2.94. The van der Waals surface area contributed by atoms with Crippen LogP contribution in [0.25, 0.3) is 0 Å². The number of amides is 1. The maximum Gasteiger partial charge on any atom is 0.249 e. The van der Waals surface area contributed by atoms with Gasteiger partial charge in [-0.15, -0.1) is 0 Å². The SMILES string of the molecule is N#C[C@@H](C(=O)Nc1ccccc1)C(=O)C1CCCC1. The molecule has 1 aromatic carbocycles. The molecule has 19 heavy (non-hydrogen) atoms. The van der Waals surface area contributed by atoms with E-state index in [4.69, 9.17) is 5.26 Å². The largest absolute Gasteiger partial charge is 0.325 e. The van der Waals surface area contributed by atoms with Gasteiger partial charge in [-0.25, -0.2) is 0 Å². The van der Waals surface area contributed by atoms with Gasteiger partial charge in [0.1, 0.15) is 0 Å². The second-order valence-electron chi connectivity index (χ2n) is 4.80. The maximum absolute atomic E-state index is 12.1. The molecule has 0 aromatic heterocycles. The molecule has 4 heteroatoms. The van der Waals surface area contributed by atoms with Crippen LogP contribution in [0, 0.1) is 23.2 Å². The number of nitrogens with zero attached hydrogens (tertiary/aromatic N) is 1. The molecule has 4 nitrogen and oxygen atoms in total. The molecule has 0 radical (unpaired) electrons. The maximum atomic E-state index is 12.1. The van der Waals surface area contributed by atoms with Gasteiger partial charge in [0.2, 0.25) is 5.91 Å². The Morgan fingerprint density at radius 1 is 1.21 bits per heavy atom. The quantitative estimate of drug-likeness (QED) is 0.841. The number of nitriles is 1. The number of nitrogens with one attached hydrogen (secondary N) is 1. The van der Waals surface area contributed by atoms with Crippen LogP contribution in [0.5, 0.6) is 0 Å². The number of para-hydroxylation sites is 1. The number of ketones is 1. The summed E-state index contributed by atoms with van der Waals surface area (Å²) in [5, 5.41) is 11.7. The molecular formula is C15H16N2O2. The van der Waals surface area contributed by atoms with Gasteiger partial charge in [-0.1, -0.05) is 31.0 Å². The predicted molar refractivity (Wildman–Crippen MR) is 71.1 cm³/mol. The molecule has 0 unspecified atom stereocenters. The Morgan fingerprint density at radius 3 is 2.42 bits per heavy atom. The lowest BCUT2D eigenvalue weighted by molar-refractivity contribution is -0.131. The summed E-state index contributed by atoms with van der Waals surface area (Å²) >= 11 is 0. The Kier molecular flexibility index (Phi) is 4.30. The van der Waals surface area contributed by atoms with Crippen LogP contribution < -0.4 is 5.32 Å². The number of hydrogen-bond acceptors (Lipinski definition) is 3. The second-order valence-corrected chi connectivity index (χ2v) is 4.80. The number of carbonyl (C=O) groups is 2. The standard InChI is InChI=1S/C15H16N2O2/c16-10-13(14(18)11-6-4-5-7-11)15(19)17-12-8-2-1-3-9-12/h1-3,8-9,11,13H,4-7H2,(H,17,19)/t13-/m1/s1. The van der Waals surface area contributed by atoms with E-state index in [9.17, 15) is 9.59 Å². The highest BCUT2D eigenvalue weighted by molar-refractivity contribution is 6.10. The zero-order valence-electron chi connectivity index (χ0n) is 10.6. The minimum atomic E-state index is -1.19. The molecule has 1 aromatic rings. The fourth-order valence-corrected chi connectivity index (χ4v) is 2.43. The number of Topliss-reactive ketones (excluding diaryl/α,β-unsaturated/α-hetero) is 1. The van der Waals surface area contributed by atoms with Crippen molar-refractivity contribution in [2.75, 3.05) is 5.32 Å². The van der Waals surface area contributed by atoms with E-state index in [1.54, 1.807) is 24.3 Å². The molecule has 0 spiro atoms. The molecule has 0 bridgehead atoms. The summed E-state index contributed by atoms with van der Waals surface area (Å²) in [4.78, 5) is 24.1. The van der Waals surface area contributed by atoms with Crippen molar-refractivity contribution >= 4 is 17.4 Å². The van der Waals surface area contributed by atoms with Crippen molar-refractivity contribution in [2.24, 2.45) is 11.8 Å². The van der Waals surface area contributed by atoms with Crippen molar-refractivity contribution in [1.82, 2.24) is 0 Å².